The quantitative estimate of drug-likeness (QED) is 0.801. The number of rotatable bonds is 4. The number of hydrogen-bond acceptors (Lipinski definition) is 3. The van der Waals surface area contributed by atoms with Gasteiger partial charge in [0.05, 0.1) is 19.2 Å². The average molecular weight is 291 g/mol. The zero-order chi connectivity index (χ0) is 14.7. The van der Waals surface area contributed by atoms with Crippen molar-refractivity contribution < 1.29 is 14.3 Å². The Kier molecular flexibility index (Phi) is 4.30. The molecular formula is C16H15ClO3. The van der Waals surface area contributed by atoms with Crippen LogP contribution in [-0.2, 0) is 0 Å². The van der Waals surface area contributed by atoms with Crippen LogP contribution in [0.3, 0.4) is 0 Å². The summed E-state index contributed by atoms with van der Waals surface area (Å²) in [5.74, 6) is 0.710. The van der Waals surface area contributed by atoms with Gasteiger partial charge in [0.2, 0.25) is 5.78 Å². The molecule has 0 spiro atoms. The van der Waals surface area contributed by atoms with Crippen LogP contribution in [0.2, 0.25) is 5.02 Å². The molecule has 0 aliphatic heterocycles. The van der Waals surface area contributed by atoms with Crippen LogP contribution in [0.4, 0.5) is 0 Å². The predicted molar refractivity (Wildman–Crippen MR) is 79.2 cm³/mol. The predicted octanol–water partition coefficient (Wildman–Crippen LogP) is 3.90. The highest BCUT2D eigenvalue weighted by Crippen LogP contribution is 2.32. The first-order chi connectivity index (χ1) is 9.58. The van der Waals surface area contributed by atoms with Crippen LogP contribution in [0.15, 0.2) is 36.4 Å². The summed E-state index contributed by atoms with van der Waals surface area (Å²) in [6.45, 7) is 1.92. The molecule has 3 nitrogen and oxygen atoms in total. The first kappa shape index (κ1) is 14.4. The third-order valence-electron chi connectivity index (χ3n) is 3.02. The minimum atomic E-state index is -0.218. The molecule has 0 radical (unpaired) electrons. The van der Waals surface area contributed by atoms with Gasteiger partial charge in [-0.05, 0) is 36.8 Å². The van der Waals surface area contributed by atoms with Gasteiger partial charge in [-0.2, -0.15) is 0 Å². The van der Waals surface area contributed by atoms with Crippen molar-refractivity contribution >= 4 is 17.4 Å². The van der Waals surface area contributed by atoms with E-state index < -0.39 is 0 Å². The van der Waals surface area contributed by atoms with Gasteiger partial charge in [-0.3, -0.25) is 4.79 Å². The Bertz CT molecular complexity index is 628. The fourth-order valence-corrected chi connectivity index (χ4v) is 2.33. The van der Waals surface area contributed by atoms with E-state index in [1.807, 2.05) is 13.0 Å². The minimum Gasteiger partial charge on any atom is -0.496 e. The van der Waals surface area contributed by atoms with Crippen molar-refractivity contribution in [3.05, 3.63) is 58.1 Å². The smallest absolute Gasteiger partial charge is 0.202 e. The highest BCUT2D eigenvalue weighted by atomic mass is 35.5. The lowest BCUT2D eigenvalue weighted by Crippen LogP contribution is -2.07. The lowest BCUT2D eigenvalue weighted by atomic mass is 10.0. The molecule has 2 rings (SSSR count). The third-order valence-corrected chi connectivity index (χ3v) is 3.34. The number of ketones is 1. The number of aryl methyl sites for hydroxylation is 1. The van der Waals surface area contributed by atoms with Crippen LogP contribution >= 0.6 is 11.6 Å². The van der Waals surface area contributed by atoms with Gasteiger partial charge in [0.25, 0.3) is 0 Å². The molecule has 0 bridgehead atoms. The molecule has 20 heavy (non-hydrogen) atoms. The van der Waals surface area contributed by atoms with Gasteiger partial charge in [0, 0.05) is 5.56 Å². The van der Waals surface area contributed by atoms with Crippen molar-refractivity contribution in [2.75, 3.05) is 14.2 Å². The number of carbonyl (C=O) groups excluding carboxylic acids is 1. The summed E-state index contributed by atoms with van der Waals surface area (Å²) in [5.41, 5.74) is 1.81. The standard InChI is InChI=1S/C16H15ClO3/c1-10-7-8-11(12(17)9-10)16(18)15-13(19-2)5-4-6-14(15)20-3/h4-9H,1-3H3. The van der Waals surface area contributed by atoms with E-state index in [4.69, 9.17) is 21.1 Å². The van der Waals surface area contributed by atoms with Gasteiger partial charge in [-0.15, -0.1) is 0 Å². The molecule has 0 atom stereocenters. The number of carbonyl (C=O) groups is 1. The Morgan fingerprint density at radius 3 is 2.15 bits per heavy atom. The first-order valence-electron chi connectivity index (χ1n) is 6.10. The van der Waals surface area contributed by atoms with Crippen molar-refractivity contribution in [1.82, 2.24) is 0 Å². The number of hydrogen-bond donors (Lipinski definition) is 0. The van der Waals surface area contributed by atoms with E-state index >= 15 is 0 Å². The van der Waals surface area contributed by atoms with Crippen molar-refractivity contribution in [3.8, 4) is 11.5 Å². The molecule has 4 heteroatoms. The van der Waals surface area contributed by atoms with Crippen LogP contribution in [0, 0.1) is 6.92 Å². The maximum atomic E-state index is 12.7. The molecule has 0 aliphatic rings. The molecule has 0 aromatic heterocycles. The number of benzene rings is 2. The Morgan fingerprint density at radius 1 is 1.05 bits per heavy atom. The second-order valence-corrected chi connectivity index (χ2v) is 4.76. The molecule has 0 unspecified atom stereocenters. The highest BCUT2D eigenvalue weighted by Gasteiger charge is 2.21. The van der Waals surface area contributed by atoms with Gasteiger partial charge < -0.3 is 9.47 Å². The minimum absolute atomic E-state index is 0.218. The normalized spacial score (nSPS) is 10.2. The van der Waals surface area contributed by atoms with Crippen LogP contribution in [-0.4, -0.2) is 20.0 Å². The molecule has 0 heterocycles. The van der Waals surface area contributed by atoms with Gasteiger partial charge >= 0.3 is 0 Å². The summed E-state index contributed by atoms with van der Waals surface area (Å²) >= 11 is 6.16. The van der Waals surface area contributed by atoms with Crippen LogP contribution in [0.5, 0.6) is 11.5 Å². The fraction of sp³-hybridized carbons (Fsp3) is 0.188. The van der Waals surface area contributed by atoms with E-state index in [2.05, 4.69) is 0 Å². The number of halogens is 1. The molecule has 0 fully saturated rings. The second kappa shape index (κ2) is 5.97. The lowest BCUT2D eigenvalue weighted by molar-refractivity contribution is 0.103. The Labute approximate surface area is 123 Å². The van der Waals surface area contributed by atoms with E-state index in [9.17, 15) is 4.79 Å². The van der Waals surface area contributed by atoms with Crippen molar-refractivity contribution in [1.29, 1.82) is 0 Å². The van der Waals surface area contributed by atoms with Crippen LogP contribution < -0.4 is 9.47 Å². The summed E-state index contributed by atoms with van der Waals surface area (Å²) in [6, 6.07) is 10.5. The molecule has 2 aromatic carbocycles. The molecule has 0 amide bonds. The fourth-order valence-electron chi connectivity index (χ4n) is 2.01. The van der Waals surface area contributed by atoms with Gasteiger partial charge in [0.1, 0.15) is 17.1 Å². The molecule has 0 saturated heterocycles. The largest absolute Gasteiger partial charge is 0.496 e. The van der Waals surface area contributed by atoms with E-state index in [0.717, 1.165) is 5.56 Å². The number of ether oxygens (including phenoxy) is 2. The average Bonchev–Trinajstić information content (AvgIpc) is 2.45. The Balaban J connectivity index is 2.58. The van der Waals surface area contributed by atoms with E-state index in [0.29, 0.717) is 27.6 Å². The topological polar surface area (TPSA) is 35.5 Å². The van der Waals surface area contributed by atoms with Crippen LogP contribution in [0.25, 0.3) is 0 Å². The third kappa shape index (κ3) is 2.63. The van der Waals surface area contributed by atoms with Crippen molar-refractivity contribution in [2.24, 2.45) is 0 Å². The SMILES string of the molecule is COc1cccc(OC)c1C(=O)c1ccc(C)cc1Cl. The molecular weight excluding hydrogens is 276 g/mol. The lowest BCUT2D eigenvalue weighted by Gasteiger charge is -2.13. The van der Waals surface area contributed by atoms with Crippen molar-refractivity contribution in [3.63, 3.8) is 0 Å². The van der Waals surface area contributed by atoms with E-state index in [1.54, 1.807) is 30.3 Å². The molecule has 104 valence electrons. The molecule has 0 saturated carbocycles. The monoisotopic (exact) mass is 290 g/mol. The van der Waals surface area contributed by atoms with Gasteiger partial charge in [0.15, 0.2) is 0 Å². The maximum Gasteiger partial charge on any atom is 0.202 e. The zero-order valence-corrected chi connectivity index (χ0v) is 12.3. The van der Waals surface area contributed by atoms with E-state index in [-0.39, 0.29) is 5.78 Å². The zero-order valence-electron chi connectivity index (χ0n) is 11.6. The second-order valence-electron chi connectivity index (χ2n) is 4.35. The Morgan fingerprint density at radius 2 is 1.65 bits per heavy atom. The summed E-state index contributed by atoms with van der Waals surface area (Å²) in [6.07, 6.45) is 0. The number of methoxy groups -OCH3 is 2. The summed E-state index contributed by atoms with van der Waals surface area (Å²) in [7, 11) is 3.03. The molecule has 0 aliphatic carbocycles. The van der Waals surface area contributed by atoms with Crippen molar-refractivity contribution in [2.45, 2.75) is 6.92 Å². The summed E-state index contributed by atoms with van der Waals surface area (Å²) in [4.78, 5) is 12.7. The summed E-state index contributed by atoms with van der Waals surface area (Å²) in [5, 5.41) is 0.419. The molecule has 0 N–H and O–H groups in total. The first-order valence-corrected chi connectivity index (χ1v) is 6.48. The summed E-state index contributed by atoms with van der Waals surface area (Å²) < 4.78 is 10.5. The maximum absolute atomic E-state index is 12.7. The van der Waals surface area contributed by atoms with E-state index in [1.165, 1.54) is 14.2 Å². The van der Waals surface area contributed by atoms with Gasteiger partial charge in [-0.1, -0.05) is 23.7 Å². The Hall–Kier alpha value is -2.00. The molecule has 2 aromatic rings. The van der Waals surface area contributed by atoms with Gasteiger partial charge in [-0.25, -0.2) is 0 Å². The highest BCUT2D eigenvalue weighted by molar-refractivity contribution is 6.35. The van der Waals surface area contributed by atoms with Crippen LogP contribution in [0.1, 0.15) is 21.5 Å².